The fourth-order valence-electron chi connectivity index (χ4n) is 3.52. The third kappa shape index (κ3) is 3.81. The minimum Gasteiger partial charge on any atom is -0.408 e. The van der Waals surface area contributed by atoms with Crippen LogP contribution in [0.25, 0.3) is 11.1 Å². The second kappa shape index (κ2) is 7.93. The van der Waals surface area contributed by atoms with Gasteiger partial charge in [0.15, 0.2) is 5.58 Å². The quantitative estimate of drug-likeness (QED) is 0.504. The molecule has 0 aliphatic carbocycles. The van der Waals surface area contributed by atoms with Crippen molar-refractivity contribution in [1.29, 1.82) is 0 Å². The molecule has 0 fully saturated rings. The number of nitrogens with zero attached hydrogens (tertiary/aromatic N) is 1. The van der Waals surface area contributed by atoms with Crippen molar-refractivity contribution in [3.8, 4) is 0 Å². The van der Waals surface area contributed by atoms with Crippen molar-refractivity contribution in [3.05, 3.63) is 101 Å². The second-order valence-corrected chi connectivity index (χ2v) is 9.05. The van der Waals surface area contributed by atoms with E-state index in [9.17, 15) is 13.2 Å². The molecule has 0 aliphatic heterocycles. The predicted octanol–water partition coefficient (Wildman–Crippen LogP) is 4.24. The molecule has 6 nitrogen and oxygen atoms in total. The molecule has 0 aliphatic rings. The van der Waals surface area contributed by atoms with Gasteiger partial charge in [-0.25, -0.2) is 13.2 Å². The number of nitrogens with one attached hydrogen (secondary N) is 1. The van der Waals surface area contributed by atoms with Crippen LogP contribution >= 0.6 is 0 Å². The van der Waals surface area contributed by atoms with E-state index in [-0.39, 0.29) is 16.5 Å². The first-order chi connectivity index (χ1) is 14.4. The molecule has 0 amide bonds. The number of aromatic nitrogens is 1. The largest absolute Gasteiger partial charge is 0.420 e. The van der Waals surface area contributed by atoms with Crippen molar-refractivity contribution in [3.63, 3.8) is 0 Å². The first-order valence-electron chi connectivity index (χ1n) is 9.64. The van der Waals surface area contributed by atoms with Crippen LogP contribution in [-0.2, 0) is 10.0 Å². The fourth-order valence-corrected chi connectivity index (χ4v) is 4.74. The van der Waals surface area contributed by atoms with E-state index in [0.717, 1.165) is 11.1 Å². The normalized spacial score (nSPS) is 12.1. The summed E-state index contributed by atoms with van der Waals surface area (Å²) in [4.78, 5) is 12.2. The summed E-state index contributed by atoms with van der Waals surface area (Å²) in [7, 11) is -3.89. The van der Waals surface area contributed by atoms with Crippen molar-refractivity contribution in [2.24, 2.45) is 0 Å². The Hall–Kier alpha value is -3.16. The standard InChI is InChI=1S/C23H22N2O4S/c1-16(2)25-20-14-13-19(15-21(20)29-23(25)26)30(27,28)24-22(17-9-5-3-6-10-17)18-11-7-4-8-12-18/h3-16,22,24H,1-2H3. The third-order valence-corrected chi connectivity index (χ3v) is 6.37. The number of rotatable bonds is 6. The van der Waals surface area contributed by atoms with Gasteiger partial charge in [-0.2, -0.15) is 4.72 Å². The van der Waals surface area contributed by atoms with Crippen LogP contribution in [0.2, 0.25) is 0 Å². The highest BCUT2D eigenvalue weighted by atomic mass is 32.2. The number of fused-ring (bicyclic) bond motifs is 1. The predicted molar refractivity (Wildman–Crippen MR) is 116 cm³/mol. The Labute approximate surface area is 174 Å². The third-order valence-electron chi connectivity index (χ3n) is 4.95. The van der Waals surface area contributed by atoms with Crippen LogP contribution < -0.4 is 10.5 Å². The van der Waals surface area contributed by atoms with Gasteiger partial charge in [-0.05, 0) is 37.1 Å². The topological polar surface area (TPSA) is 81.3 Å². The molecule has 7 heteroatoms. The van der Waals surface area contributed by atoms with E-state index in [0.29, 0.717) is 5.52 Å². The van der Waals surface area contributed by atoms with Crippen LogP contribution in [-0.4, -0.2) is 13.0 Å². The maximum atomic E-state index is 13.2. The van der Waals surface area contributed by atoms with Crippen LogP contribution in [0.4, 0.5) is 0 Å². The molecule has 30 heavy (non-hydrogen) atoms. The summed E-state index contributed by atoms with van der Waals surface area (Å²) >= 11 is 0. The average Bonchev–Trinajstić information content (AvgIpc) is 3.08. The molecule has 0 radical (unpaired) electrons. The minimum absolute atomic E-state index is 0.0384. The lowest BCUT2D eigenvalue weighted by Crippen LogP contribution is -2.29. The number of hydrogen-bond acceptors (Lipinski definition) is 4. The van der Waals surface area contributed by atoms with E-state index < -0.39 is 21.8 Å². The minimum atomic E-state index is -3.89. The maximum absolute atomic E-state index is 13.2. The number of oxazole rings is 1. The number of sulfonamides is 1. The molecule has 0 atom stereocenters. The fraction of sp³-hybridized carbons (Fsp3) is 0.174. The van der Waals surface area contributed by atoms with Gasteiger partial charge in [0.25, 0.3) is 0 Å². The molecule has 4 rings (SSSR count). The Morgan fingerprint density at radius 3 is 1.97 bits per heavy atom. The van der Waals surface area contributed by atoms with Gasteiger partial charge in [0.2, 0.25) is 10.0 Å². The lowest BCUT2D eigenvalue weighted by atomic mass is 10.00. The molecule has 4 aromatic rings. The van der Waals surface area contributed by atoms with Crippen molar-refractivity contribution in [2.75, 3.05) is 0 Å². The SMILES string of the molecule is CC(C)n1c(=O)oc2cc(S(=O)(=O)NC(c3ccccc3)c3ccccc3)ccc21. The molecule has 1 aromatic heterocycles. The van der Waals surface area contributed by atoms with Gasteiger partial charge in [-0.1, -0.05) is 60.7 Å². The van der Waals surface area contributed by atoms with Gasteiger partial charge in [0.05, 0.1) is 16.5 Å². The Morgan fingerprint density at radius 2 is 1.43 bits per heavy atom. The smallest absolute Gasteiger partial charge is 0.408 e. The zero-order valence-corrected chi connectivity index (χ0v) is 17.5. The monoisotopic (exact) mass is 422 g/mol. The molecular weight excluding hydrogens is 400 g/mol. The molecule has 0 spiro atoms. The summed E-state index contributed by atoms with van der Waals surface area (Å²) in [5, 5.41) is 0. The summed E-state index contributed by atoms with van der Waals surface area (Å²) in [6.07, 6.45) is 0. The summed E-state index contributed by atoms with van der Waals surface area (Å²) in [6.45, 7) is 3.74. The molecule has 3 aromatic carbocycles. The van der Waals surface area contributed by atoms with Crippen molar-refractivity contribution < 1.29 is 12.8 Å². The lowest BCUT2D eigenvalue weighted by molar-refractivity contribution is 0.478. The molecule has 1 heterocycles. The molecule has 0 saturated heterocycles. The highest BCUT2D eigenvalue weighted by molar-refractivity contribution is 7.89. The van der Waals surface area contributed by atoms with Gasteiger partial charge < -0.3 is 4.42 Å². The highest BCUT2D eigenvalue weighted by Gasteiger charge is 2.24. The van der Waals surface area contributed by atoms with Gasteiger partial charge in [0, 0.05) is 12.1 Å². The first kappa shape index (κ1) is 20.1. The van der Waals surface area contributed by atoms with Crippen LogP contribution in [0.3, 0.4) is 0 Å². The molecule has 1 N–H and O–H groups in total. The summed E-state index contributed by atoms with van der Waals surface area (Å²) in [6, 6.07) is 22.6. The van der Waals surface area contributed by atoms with Gasteiger partial charge in [0.1, 0.15) is 0 Å². The summed E-state index contributed by atoms with van der Waals surface area (Å²) in [5.74, 6) is -0.506. The maximum Gasteiger partial charge on any atom is 0.420 e. The van der Waals surface area contributed by atoms with E-state index in [1.165, 1.54) is 16.7 Å². The molecule has 154 valence electrons. The van der Waals surface area contributed by atoms with Crippen LogP contribution in [0, 0.1) is 0 Å². The lowest BCUT2D eigenvalue weighted by Gasteiger charge is -2.20. The zero-order valence-electron chi connectivity index (χ0n) is 16.6. The van der Waals surface area contributed by atoms with E-state index in [2.05, 4.69) is 4.72 Å². The van der Waals surface area contributed by atoms with E-state index in [1.54, 1.807) is 6.07 Å². The number of benzene rings is 3. The van der Waals surface area contributed by atoms with Crippen molar-refractivity contribution in [2.45, 2.75) is 30.8 Å². The molecule has 0 bridgehead atoms. The van der Waals surface area contributed by atoms with E-state index >= 15 is 0 Å². The Balaban J connectivity index is 1.76. The van der Waals surface area contributed by atoms with E-state index in [4.69, 9.17) is 4.42 Å². The van der Waals surface area contributed by atoms with Gasteiger partial charge >= 0.3 is 5.76 Å². The molecule has 0 unspecified atom stereocenters. The number of hydrogen-bond donors (Lipinski definition) is 1. The Kier molecular flexibility index (Phi) is 5.32. The first-order valence-corrected chi connectivity index (χ1v) is 11.1. The Bertz CT molecular complexity index is 1280. The Morgan fingerprint density at radius 1 is 0.867 bits per heavy atom. The van der Waals surface area contributed by atoms with Crippen LogP contribution in [0.15, 0.2) is 93.0 Å². The zero-order chi connectivity index (χ0) is 21.3. The van der Waals surface area contributed by atoms with Crippen molar-refractivity contribution in [1.82, 2.24) is 9.29 Å². The van der Waals surface area contributed by atoms with Gasteiger partial charge in [-0.15, -0.1) is 0 Å². The van der Waals surface area contributed by atoms with Crippen LogP contribution in [0.5, 0.6) is 0 Å². The highest BCUT2D eigenvalue weighted by Crippen LogP contribution is 2.26. The molecular formula is C23H22N2O4S. The summed E-state index contributed by atoms with van der Waals surface area (Å²) in [5.41, 5.74) is 2.46. The molecule has 0 saturated carbocycles. The second-order valence-electron chi connectivity index (χ2n) is 7.34. The van der Waals surface area contributed by atoms with E-state index in [1.807, 2.05) is 74.5 Å². The summed E-state index contributed by atoms with van der Waals surface area (Å²) < 4.78 is 36.0. The average molecular weight is 423 g/mol. The van der Waals surface area contributed by atoms with Crippen molar-refractivity contribution >= 4 is 21.1 Å². The van der Waals surface area contributed by atoms with Gasteiger partial charge in [-0.3, -0.25) is 4.57 Å². The van der Waals surface area contributed by atoms with Crippen LogP contribution in [0.1, 0.15) is 37.1 Å².